The first-order chi connectivity index (χ1) is 11.6. The van der Waals surface area contributed by atoms with Gasteiger partial charge in [-0.2, -0.15) is 5.10 Å². The molecule has 1 N–H and O–H groups in total. The number of nitrogens with one attached hydrogen (secondary N) is 1. The van der Waals surface area contributed by atoms with Gasteiger partial charge in [0.1, 0.15) is 12.7 Å². The number of esters is 1. The van der Waals surface area contributed by atoms with Crippen molar-refractivity contribution in [1.82, 2.24) is 14.8 Å². The van der Waals surface area contributed by atoms with Crippen LogP contribution in [0, 0.1) is 5.92 Å². The van der Waals surface area contributed by atoms with Gasteiger partial charge in [-0.15, -0.1) is 0 Å². The molecule has 0 spiro atoms. The summed E-state index contributed by atoms with van der Waals surface area (Å²) in [5.74, 6) is -0.801. The predicted molar refractivity (Wildman–Crippen MR) is 87.9 cm³/mol. The summed E-state index contributed by atoms with van der Waals surface area (Å²) < 4.78 is 6.61. The monoisotopic (exact) mass is 348 g/mol. The van der Waals surface area contributed by atoms with Crippen molar-refractivity contribution in [1.29, 1.82) is 0 Å². The molecule has 0 radical (unpaired) electrons. The van der Waals surface area contributed by atoms with Gasteiger partial charge in [-0.25, -0.2) is 9.67 Å². The van der Waals surface area contributed by atoms with Crippen LogP contribution in [0.2, 0.25) is 5.02 Å². The maximum atomic E-state index is 12.1. The van der Waals surface area contributed by atoms with Crippen molar-refractivity contribution < 1.29 is 14.3 Å². The van der Waals surface area contributed by atoms with E-state index in [1.165, 1.54) is 17.3 Å². The number of rotatable bonds is 5. The van der Waals surface area contributed by atoms with Crippen LogP contribution in [0.1, 0.15) is 25.7 Å². The number of carbonyl (C=O) groups is 2. The minimum atomic E-state index is -0.426. The normalized spacial score (nSPS) is 14.5. The van der Waals surface area contributed by atoms with E-state index in [2.05, 4.69) is 15.4 Å². The topological polar surface area (TPSA) is 86.1 Å². The second kappa shape index (κ2) is 7.44. The van der Waals surface area contributed by atoms with Gasteiger partial charge in [-0.3, -0.25) is 9.59 Å². The highest BCUT2D eigenvalue weighted by Gasteiger charge is 2.24. The Morgan fingerprint density at radius 3 is 2.83 bits per heavy atom. The van der Waals surface area contributed by atoms with Crippen LogP contribution in [-0.4, -0.2) is 33.2 Å². The predicted octanol–water partition coefficient (Wildman–Crippen LogP) is 2.59. The molecule has 0 atom stereocenters. The Labute approximate surface area is 144 Å². The second-order valence-corrected chi connectivity index (χ2v) is 6.08. The minimum absolute atomic E-state index is 0.0744. The lowest BCUT2D eigenvalue weighted by Crippen LogP contribution is -2.24. The Hall–Kier alpha value is -2.41. The SMILES string of the molecule is O=C(COC(=O)C1CCCC1)Nc1cc(Cl)ccc1-n1cncn1. The number of nitrogens with zero attached hydrogens (tertiary/aromatic N) is 3. The van der Waals surface area contributed by atoms with Gasteiger partial charge in [-0.05, 0) is 31.0 Å². The average molecular weight is 349 g/mol. The summed E-state index contributed by atoms with van der Waals surface area (Å²) in [4.78, 5) is 27.8. The fourth-order valence-electron chi connectivity index (χ4n) is 2.74. The Morgan fingerprint density at radius 2 is 2.12 bits per heavy atom. The quantitative estimate of drug-likeness (QED) is 0.839. The van der Waals surface area contributed by atoms with Gasteiger partial charge >= 0.3 is 5.97 Å². The summed E-state index contributed by atoms with van der Waals surface area (Å²) in [7, 11) is 0. The van der Waals surface area contributed by atoms with Crippen molar-refractivity contribution in [3.63, 3.8) is 0 Å². The molecular formula is C16H17ClN4O3. The minimum Gasteiger partial charge on any atom is -0.455 e. The second-order valence-electron chi connectivity index (χ2n) is 5.64. The molecule has 0 saturated heterocycles. The van der Waals surface area contributed by atoms with Crippen molar-refractivity contribution in [2.45, 2.75) is 25.7 Å². The largest absolute Gasteiger partial charge is 0.455 e. The van der Waals surface area contributed by atoms with E-state index in [-0.39, 0.29) is 18.5 Å². The third-order valence-electron chi connectivity index (χ3n) is 3.93. The van der Waals surface area contributed by atoms with E-state index in [0.29, 0.717) is 16.4 Å². The van der Waals surface area contributed by atoms with E-state index in [4.69, 9.17) is 16.3 Å². The highest BCUT2D eigenvalue weighted by molar-refractivity contribution is 6.31. The highest BCUT2D eigenvalue weighted by atomic mass is 35.5. The van der Waals surface area contributed by atoms with E-state index in [1.54, 1.807) is 18.2 Å². The molecule has 1 amide bonds. The number of aromatic nitrogens is 3. The van der Waals surface area contributed by atoms with Crippen molar-refractivity contribution in [2.75, 3.05) is 11.9 Å². The lowest BCUT2D eigenvalue weighted by atomic mass is 10.1. The van der Waals surface area contributed by atoms with Crippen molar-refractivity contribution >= 4 is 29.2 Å². The third-order valence-corrected chi connectivity index (χ3v) is 4.17. The Kier molecular flexibility index (Phi) is 5.10. The number of hydrogen-bond donors (Lipinski definition) is 1. The molecule has 0 aliphatic heterocycles. The molecule has 1 aromatic carbocycles. The van der Waals surface area contributed by atoms with Crippen LogP contribution in [0.25, 0.3) is 5.69 Å². The molecule has 8 heteroatoms. The molecule has 1 aromatic heterocycles. The van der Waals surface area contributed by atoms with E-state index < -0.39 is 5.91 Å². The van der Waals surface area contributed by atoms with Crippen LogP contribution in [0.15, 0.2) is 30.9 Å². The number of anilines is 1. The van der Waals surface area contributed by atoms with Crippen LogP contribution in [0.5, 0.6) is 0 Å². The maximum Gasteiger partial charge on any atom is 0.309 e. The average Bonchev–Trinajstić information content (AvgIpc) is 3.26. The number of hydrogen-bond acceptors (Lipinski definition) is 5. The number of ether oxygens (including phenoxy) is 1. The lowest BCUT2D eigenvalue weighted by Gasteiger charge is -2.12. The number of carbonyl (C=O) groups excluding carboxylic acids is 2. The first-order valence-corrected chi connectivity index (χ1v) is 8.12. The fourth-order valence-corrected chi connectivity index (χ4v) is 2.92. The summed E-state index contributed by atoms with van der Waals surface area (Å²) in [5.41, 5.74) is 1.09. The summed E-state index contributed by atoms with van der Waals surface area (Å²) in [6, 6.07) is 5.01. The molecule has 24 heavy (non-hydrogen) atoms. The zero-order valence-corrected chi connectivity index (χ0v) is 13.7. The van der Waals surface area contributed by atoms with Crippen LogP contribution in [-0.2, 0) is 14.3 Å². The molecule has 1 fully saturated rings. The smallest absolute Gasteiger partial charge is 0.309 e. The molecule has 1 saturated carbocycles. The standard InChI is InChI=1S/C16H17ClN4O3/c17-12-5-6-14(21-10-18-9-19-21)13(7-12)20-15(22)8-24-16(23)11-3-1-2-4-11/h5-7,9-11H,1-4,8H2,(H,20,22). The fraction of sp³-hybridized carbons (Fsp3) is 0.375. The third kappa shape index (κ3) is 3.91. The summed E-state index contributed by atoms with van der Waals surface area (Å²) >= 11 is 5.99. The molecule has 1 heterocycles. The summed E-state index contributed by atoms with van der Waals surface area (Å²) in [6.45, 7) is -0.321. The van der Waals surface area contributed by atoms with E-state index in [1.807, 2.05) is 0 Å². The summed E-state index contributed by atoms with van der Waals surface area (Å²) in [6.07, 6.45) is 6.66. The first-order valence-electron chi connectivity index (χ1n) is 7.74. The van der Waals surface area contributed by atoms with Crippen LogP contribution < -0.4 is 5.32 Å². The number of amides is 1. The van der Waals surface area contributed by atoms with Crippen LogP contribution in [0.3, 0.4) is 0 Å². The Balaban J connectivity index is 1.63. The lowest BCUT2D eigenvalue weighted by molar-refractivity contribution is -0.151. The molecule has 0 unspecified atom stereocenters. The van der Waals surface area contributed by atoms with Gasteiger partial charge in [0, 0.05) is 5.02 Å². The highest BCUT2D eigenvalue weighted by Crippen LogP contribution is 2.26. The Morgan fingerprint density at radius 1 is 1.33 bits per heavy atom. The summed E-state index contributed by atoms with van der Waals surface area (Å²) in [5, 5.41) is 7.20. The first kappa shape index (κ1) is 16.4. The van der Waals surface area contributed by atoms with Crippen molar-refractivity contribution in [3.8, 4) is 5.69 Å². The van der Waals surface area contributed by atoms with Gasteiger partial charge in [0.2, 0.25) is 0 Å². The zero-order chi connectivity index (χ0) is 16.9. The van der Waals surface area contributed by atoms with Crippen molar-refractivity contribution in [3.05, 3.63) is 35.9 Å². The number of halogens is 1. The van der Waals surface area contributed by atoms with Gasteiger partial charge in [-0.1, -0.05) is 24.4 Å². The zero-order valence-electron chi connectivity index (χ0n) is 12.9. The molecule has 7 nitrogen and oxygen atoms in total. The van der Waals surface area contributed by atoms with Crippen LogP contribution >= 0.6 is 11.6 Å². The Bertz CT molecular complexity index is 727. The molecule has 1 aliphatic rings. The van der Waals surface area contributed by atoms with E-state index in [0.717, 1.165) is 25.7 Å². The van der Waals surface area contributed by atoms with Gasteiger partial charge in [0.05, 0.1) is 17.3 Å². The van der Waals surface area contributed by atoms with E-state index >= 15 is 0 Å². The van der Waals surface area contributed by atoms with Gasteiger partial charge in [0.15, 0.2) is 6.61 Å². The molecule has 0 bridgehead atoms. The van der Waals surface area contributed by atoms with Crippen LogP contribution in [0.4, 0.5) is 5.69 Å². The molecule has 3 rings (SSSR count). The van der Waals surface area contributed by atoms with Gasteiger partial charge in [0.25, 0.3) is 5.91 Å². The molecule has 126 valence electrons. The molecule has 2 aromatic rings. The number of benzene rings is 1. The molecule has 1 aliphatic carbocycles. The van der Waals surface area contributed by atoms with Crippen molar-refractivity contribution in [2.24, 2.45) is 5.92 Å². The van der Waals surface area contributed by atoms with E-state index in [9.17, 15) is 9.59 Å². The van der Waals surface area contributed by atoms with Gasteiger partial charge < -0.3 is 10.1 Å². The molecular weight excluding hydrogens is 332 g/mol. The maximum absolute atomic E-state index is 12.1.